The Labute approximate surface area is 174 Å². The van der Waals surface area contributed by atoms with Gasteiger partial charge in [-0.15, -0.1) is 0 Å². The minimum absolute atomic E-state index is 0.00629. The van der Waals surface area contributed by atoms with Crippen molar-refractivity contribution in [1.82, 2.24) is 15.0 Å². The number of halogens is 1. The van der Waals surface area contributed by atoms with E-state index in [2.05, 4.69) is 10.1 Å². The van der Waals surface area contributed by atoms with Crippen LogP contribution < -0.4 is 0 Å². The zero-order chi connectivity index (χ0) is 20.8. The lowest BCUT2D eigenvalue weighted by Gasteiger charge is -2.32. The molecule has 2 heterocycles. The maximum Gasteiger partial charge on any atom is 0.248 e. The van der Waals surface area contributed by atoms with Crippen LogP contribution in [0.3, 0.4) is 0 Å². The first-order valence-electron chi connectivity index (χ1n) is 10.2. The van der Waals surface area contributed by atoms with Crippen molar-refractivity contribution in [3.8, 4) is 11.4 Å². The van der Waals surface area contributed by atoms with E-state index in [4.69, 9.17) is 9.26 Å². The zero-order valence-electron chi connectivity index (χ0n) is 16.7. The lowest BCUT2D eigenvalue weighted by Crippen LogP contribution is -2.42. The third-order valence-corrected chi connectivity index (χ3v) is 5.25. The SMILES string of the molecule is O=C(COCc1ccccc1)N1CCCC(Cc2nc(-c3ccccc3F)no2)C1. The lowest BCUT2D eigenvalue weighted by molar-refractivity contribution is -0.138. The zero-order valence-corrected chi connectivity index (χ0v) is 16.7. The van der Waals surface area contributed by atoms with Gasteiger partial charge >= 0.3 is 0 Å². The Balaban J connectivity index is 1.29. The number of carbonyl (C=O) groups excluding carboxylic acids is 1. The number of benzene rings is 2. The Morgan fingerprint density at radius 2 is 1.97 bits per heavy atom. The minimum Gasteiger partial charge on any atom is -0.367 e. The summed E-state index contributed by atoms with van der Waals surface area (Å²) < 4.78 is 24.8. The van der Waals surface area contributed by atoms with E-state index in [1.807, 2.05) is 35.2 Å². The van der Waals surface area contributed by atoms with Gasteiger partial charge in [0, 0.05) is 19.5 Å². The molecule has 156 valence electrons. The number of hydrogen-bond acceptors (Lipinski definition) is 5. The Morgan fingerprint density at radius 3 is 2.80 bits per heavy atom. The molecule has 3 aromatic rings. The first-order valence-corrected chi connectivity index (χ1v) is 10.2. The maximum atomic E-state index is 13.9. The number of piperidine rings is 1. The molecule has 1 aliphatic rings. The molecule has 6 nitrogen and oxygen atoms in total. The predicted octanol–water partition coefficient (Wildman–Crippen LogP) is 3.87. The van der Waals surface area contributed by atoms with Gasteiger partial charge in [-0.05, 0) is 36.5 Å². The summed E-state index contributed by atoms with van der Waals surface area (Å²) in [4.78, 5) is 18.7. The van der Waals surface area contributed by atoms with E-state index in [9.17, 15) is 9.18 Å². The van der Waals surface area contributed by atoms with Crippen LogP contribution in [0.1, 0.15) is 24.3 Å². The Kier molecular flexibility index (Phi) is 6.49. The van der Waals surface area contributed by atoms with Gasteiger partial charge in [-0.1, -0.05) is 47.6 Å². The van der Waals surface area contributed by atoms with E-state index in [1.165, 1.54) is 6.07 Å². The second-order valence-electron chi connectivity index (χ2n) is 7.52. The van der Waals surface area contributed by atoms with Crippen LogP contribution >= 0.6 is 0 Å². The van der Waals surface area contributed by atoms with E-state index in [1.54, 1.807) is 18.2 Å². The molecule has 7 heteroatoms. The topological polar surface area (TPSA) is 68.5 Å². The molecule has 1 saturated heterocycles. The maximum absolute atomic E-state index is 13.9. The minimum atomic E-state index is -0.380. The van der Waals surface area contributed by atoms with E-state index >= 15 is 0 Å². The molecule has 1 aromatic heterocycles. The van der Waals surface area contributed by atoms with Crippen molar-refractivity contribution >= 4 is 5.91 Å². The molecule has 0 radical (unpaired) electrons. The van der Waals surface area contributed by atoms with Crippen LogP contribution in [-0.2, 0) is 22.6 Å². The van der Waals surface area contributed by atoms with Crippen LogP contribution in [0.2, 0.25) is 0 Å². The average Bonchev–Trinajstić information content (AvgIpc) is 3.23. The van der Waals surface area contributed by atoms with Crippen LogP contribution in [0.25, 0.3) is 11.4 Å². The number of amides is 1. The van der Waals surface area contributed by atoms with Crippen molar-refractivity contribution in [2.24, 2.45) is 5.92 Å². The molecule has 1 amide bonds. The highest BCUT2D eigenvalue weighted by Gasteiger charge is 2.25. The molecular formula is C23H24FN3O3. The third-order valence-electron chi connectivity index (χ3n) is 5.25. The molecule has 1 aliphatic heterocycles. The fourth-order valence-electron chi connectivity index (χ4n) is 3.72. The summed E-state index contributed by atoms with van der Waals surface area (Å²) >= 11 is 0. The summed E-state index contributed by atoms with van der Waals surface area (Å²) in [7, 11) is 0. The highest BCUT2D eigenvalue weighted by atomic mass is 19.1. The van der Waals surface area contributed by atoms with Crippen molar-refractivity contribution < 1.29 is 18.4 Å². The molecule has 0 spiro atoms. The molecule has 1 unspecified atom stereocenters. The Bertz CT molecular complexity index is 977. The Hall–Kier alpha value is -3.06. The predicted molar refractivity (Wildman–Crippen MR) is 109 cm³/mol. The van der Waals surface area contributed by atoms with E-state index in [-0.39, 0.29) is 30.1 Å². The van der Waals surface area contributed by atoms with Crippen LogP contribution in [0.4, 0.5) is 4.39 Å². The summed E-state index contributed by atoms with van der Waals surface area (Å²) in [5.41, 5.74) is 1.37. The van der Waals surface area contributed by atoms with Gasteiger partial charge in [-0.3, -0.25) is 4.79 Å². The average molecular weight is 409 g/mol. The van der Waals surface area contributed by atoms with Crippen molar-refractivity contribution in [3.05, 3.63) is 71.9 Å². The number of hydrogen-bond donors (Lipinski definition) is 0. The fourth-order valence-corrected chi connectivity index (χ4v) is 3.72. The second kappa shape index (κ2) is 9.63. The van der Waals surface area contributed by atoms with Gasteiger partial charge in [0.15, 0.2) is 0 Å². The molecule has 1 atom stereocenters. The lowest BCUT2D eigenvalue weighted by atomic mass is 9.94. The monoisotopic (exact) mass is 409 g/mol. The highest BCUT2D eigenvalue weighted by Crippen LogP contribution is 2.23. The van der Waals surface area contributed by atoms with Gasteiger partial charge < -0.3 is 14.2 Å². The van der Waals surface area contributed by atoms with Gasteiger partial charge in [0.25, 0.3) is 0 Å². The van der Waals surface area contributed by atoms with Crippen LogP contribution in [0, 0.1) is 11.7 Å². The summed E-state index contributed by atoms with van der Waals surface area (Å²) in [6.45, 7) is 1.85. The summed E-state index contributed by atoms with van der Waals surface area (Å²) in [6, 6.07) is 16.1. The van der Waals surface area contributed by atoms with Crippen molar-refractivity contribution in [2.75, 3.05) is 19.7 Å². The van der Waals surface area contributed by atoms with Crippen molar-refractivity contribution in [2.45, 2.75) is 25.9 Å². The normalized spacial score (nSPS) is 16.6. The van der Waals surface area contributed by atoms with Crippen LogP contribution in [-0.4, -0.2) is 40.6 Å². The third kappa shape index (κ3) is 5.10. The second-order valence-corrected chi connectivity index (χ2v) is 7.52. The molecule has 4 rings (SSSR count). The quantitative estimate of drug-likeness (QED) is 0.593. The number of ether oxygens (including phenoxy) is 1. The van der Waals surface area contributed by atoms with Gasteiger partial charge in [-0.2, -0.15) is 4.98 Å². The number of rotatable bonds is 7. The largest absolute Gasteiger partial charge is 0.367 e. The fraction of sp³-hybridized carbons (Fsp3) is 0.348. The number of aromatic nitrogens is 2. The van der Waals surface area contributed by atoms with E-state index in [0.717, 1.165) is 24.9 Å². The number of carbonyl (C=O) groups is 1. The molecule has 0 N–H and O–H groups in total. The smallest absolute Gasteiger partial charge is 0.248 e. The van der Waals surface area contributed by atoms with Crippen molar-refractivity contribution in [3.63, 3.8) is 0 Å². The first-order chi connectivity index (χ1) is 14.7. The van der Waals surface area contributed by atoms with Gasteiger partial charge in [-0.25, -0.2) is 4.39 Å². The molecule has 30 heavy (non-hydrogen) atoms. The molecule has 2 aromatic carbocycles. The van der Waals surface area contributed by atoms with E-state index < -0.39 is 0 Å². The standard InChI is InChI=1S/C23H24FN3O3/c24-20-11-5-4-10-19(20)23-25-21(30-26-23)13-18-9-6-12-27(14-18)22(28)16-29-15-17-7-2-1-3-8-17/h1-5,7-8,10-11,18H,6,9,12-16H2. The Morgan fingerprint density at radius 1 is 1.17 bits per heavy atom. The molecular weight excluding hydrogens is 385 g/mol. The summed E-state index contributed by atoms with van der Waals surface area (Å²) in [6.07, 6.45) is 2.46. The van der Waals surface area contributed by atoms with Gasteiger partial charge in [0.1, 0.15) is 12.4 Å². The van der Waals surface area contributed by atoms with Crippen LogP contribution in [0.15, 0.2) is 59.1 Å². The summed E-state index contributed by atoms with van der Waals surface area (Å²) in [5, 5.41) is 3.91. The van der Waals surface area contributed by atoms with Crippen molar-refractivity contribution in [1.29, 1.82) is 0 Å². The molecule has 1 fully saturated rings. The first kappa shape index (κ1) is 20.2. The van der Waals surface area contributed by atoms with Crippen LogP contribution in [0.5, 0.6) is 0 Å². The summed E-state index contributed by atoms with van der Waals surface area (Å²) in [5.74, 6) is 0.558. The van der Waals surface area contributed by atoms with E-state index in [0.29, 0.717) is 31.0 Å². The number of nitrogens with zero attached hydrogens (tertiary/aromatic N) is 3. The highest BCUT2D eigenvalue weighted by molar-refractivity contribution is 5.77. The van der Waals surface area contributed by atoms with Gasteiger partial charge in [0.05, 0.1) is 12.2 Å². The molecule has 0 saturated carbocycles. The van der Waals surface area contributed by atoms with Gasteiger partial charge in [0.2, 0.25) is 17.6 Å². The molecule has 0 bridgehead atoms. The molecule has 0 aliphatic carbocycles. The number of likely N-dealkylation sites (tertiary alicyclic amines) is 1.